The molecule has 0 saturated carbocycles. The topological polar surface area (TPSA) is 33.1 Å². The number of phenols is 1. The maximum absolute atomic E-state index is 9.84. The molecule has 18 heavy (non-hydrogen) atoms. The van der Waals surface area contributed by atoms with Crippen LogP contribution in [0.5, 0.6) is 5.75 Å². The van der Waals surface area contributed by atoms with Crippen molar-refractivity contribution in [2.45, 2.75) is 48.5 Å². The van der Waals surface area contributed by atoms with Gasteiger partial charge in [0.15, 0.2) is 0 Å². The minimum Gasteiger partial charge on any atom is -0.505 e. The van der Waals surface area contributed by atoms with Gasteiger partial charge in [0.1, 0.15) is 11.3 Å². The van der Waals surface area contributed by atoms with E-state index in [9.17, 15) is 5.11 Å². The van der Waals surface area contributed by atoms with E-state index < -0.39 is 0 Å². The molecule has 0 atom stereocenters. The Bertz CT molecular complexity index is 504. The van der Waals surface area contributed by atoms with E-state index in [2.05, 4.69) is 4.98 Å². The average Bonchev–Trinajstić information content (AvgIpc) is 2.40. The summed E-state index contributed by atoms with van der Waals surface area (Å²) in [5.41, 5.74) is 3.68. The molecule has 1 heterocycles. The standard InChI is InChI=1S/C12H13NO.2C2H6/c1-7-6-8(2)12(14)11-10(7)5-4-9(3)13-11;2*1-2/h4-6,14H,1-3H3;2*1-2H3. The molecule has 0 amide bonds. The largest absolute Gasteiger partial charge is 0.505 e. The second kappa shape index (κ2) is 7.70. The third kappa shape index (κ3) is 3.46. The van der Waals surface area contributed by atoms with Gasteiger partial charge in [-0.2, -0.15) is 0 Å². The SMILES string of the molecule is CC.CC.Cc1ccc2c(C)cc(C)c(O)c2n1. The van der Waals surface area contributed by atoms with Gasteiger partial charge in [-0.3, -0.25) is 0 Å². The molecule has 0 fully saturated rings. The van der Waals surface area contributed by atoms with Crippen molar-refractivity contribution in [3.05, 3.63) is 35.0 Å². The number of nitrogens with zero attached hydrogens (tertiary/aromatic N) is 1. The number of aromatic hydroxyl groups is 1. The summed E-state index contributed by atoms with van der Waals surface area (Å²) < 4.78 is 0. The molecule has 0 bridgehead atoms. The van der Waals surface area contributed by atoms with Gasteiger partial charge in [0.25, 0.3) is 0 Å². The number of hydrogen-bond acceptors (Lipinski definition) is 2. The number of fused-ring (bicyclic) bond motifs is 1. The maximum Gasteiger partial charge on any atom is 0.144 e. The van der Waals surface area contributed by atoms with Crippen molar-refractivity contribution in [2.24, 2.45) is 0 Å². The molecule has 0 radical (unpaired) electrons. The van der Waals surface area contributed by atoms with Gasteiger partial charge in [-0.25, -0.2) is 4.98 Å². The second-order valence-corrected chi connectivity index (χ2v) is 3.71. The van der Waals surface area contributed by atoms with Crippen LogP contribution in [-0.4, -0.2) is 10.1 Å². The lowest BCUT2D eigenvalue weighted by atomic mass is 10.0. The Labute approximate surface area is 111 Å². The zero-order chi connectivity index (χ0) is 14.3. The maximum atomic E-state index is 9.84. The van der Waals surface area contributed by atoms with Gasteiger partial charge in [-0.15, -0.1) is 0 Å². The van der Waals surface area contributed by atoms with E-state index in [0.717, 1.165) is 22.2 Å². The molecule has 100 valence electrons. The molecule has 0 saturated heterocycles. The summed E-state index contributed by atoms with van der Waals surface area (Å²) >= 11 is 0. The molecule has 2 aromatic rings. The highest BCUT2D eigenvalue weighted by Crippen LogP contribution is 2.29. The van der Waals surface area contributed by atoms with Crippen LogP contribution in [-0.2, 0) is 0 Å². The highest BCUT2D eigenvalue weighted by molar-refractivity contribution is 5.88. The molecule has 0 unspecified atom stereocenters. The quantitative estimate of drug-likeness (QED) is 0.717. The third-order valence-electron chi connectivity index (χ3n) is 2.49. The summed E-state index contributed by atoms with van der Waals surface area (Å²) in [5.74, 6) is 0.300. The molecular weight excluding hydrogens is 222 g/mol. The fourth-order valence-electron chi connectivity index (χ4n) is 1.71. The van der Waals surface area contributed by atoms with E-state index in [-0.39, 0.29) is 0 Å². The summed E-state index contributed by atoms with van der Waals surface area (Å²) in [7, 11) is 0. The predicted octanol–water partition coefficient (Wildman–Crippen LogP) is 4.92. The Kier molecular flexibility index (Phi) is 7.03. The molecule has 2 rings (SSSR count). The number of phenolic OH excluding ortho intramolecular Hbond substituents is 1. The minimum absolute atomic E-state index is 0.300. The van der Waals surface area contributed by atoms with Crippen LogP contribution >= 0.6 is 0 Å². The first-order chi connectivity index (χ1) is 8.59. The van der Waals surface area contributed by atoms with Crippen molar-refractivity contribution in [2.75, 3.05) is 0 Å². The zero-order valence-electron chi connectivity index (χ0n) is 12.6. The molecule has 1 aromatic heterocycles. The fourth-order valence-corrected chi connectivity index (χ4v) is 1.71. The lowest BCUT2D eigenvalue weighted by molar-refractivity contribution is 0.476. The van der Waals surface area contributed by atoms with E-state index in [0.29, 0.717) is 11.3 Å². The highest BCUT2D eigenvalue weighted by Gasteiger charge is 2.07. The lowest BCUT2D eigenvalue weighted by Crippen LogP contribution is -1.88. The average molecular weight is 247 g/mol. The first kappa shape index (κ1) is 16.4. The van der Waals surface area contributed by atoms with Crippen molar-refractivity contribution >= 4 is 10.9 Å². The number of hydrogen-bond donors (Lipinski definition) is 1. The number of rotatable bonds is 0. The Morgan fingerprint density at radius 1 is 0.889 bits per heavy atom. The molecule has 1 aromatic carbocycles. The van der Waals surface area contributed by atoms with Crippen LogP contribution in [0.25, 0.3) is 10.9 Å². The van der Waals surface area contributed by atoms with E-state index in [1.165, 1.54) is 0 Å². The second-order valence-electron chi connectivity index (χ2n) is 3.71. The number of aromatic nitrogens is 1. The molecule has 2 heteroatoms. The number of pyridine rings is 1. The van der Waals surface area contributed by atoms with E-state index in [1.807, 2.05) is 66.7 Å². The first-order valence-electron chi connectivity index (χ1n) is 6.66. The zero-order valence-corrected chi connectivity index (χ0v) is 12.6. The Balaban J connectivity index is 0.000000659. The summed E-state index contributed by atoms with van der Waals surface area (Å²) in [6.07, 6.45) is 0. The molecule has 2 nitrogen and oxygen atoms in total. The smallest absolute Gasteiger partial charge is 0.144 e. The van der Waals surface area contributed by atoms with E-state index in [4.69, 9.17) is 0 Å². The Hall–Kier alpha value is -1.57. The van der Waals surface area contributed by atoms with E-state index >= 15 is 0 Å². The van der Waals surface area contributed by atoms with Gasteiger partial charge in [0.2, 0.25) is 0 Å². The van der Waals surface area contributed by atoms with Crippen LogP contribution < -0.4 is 0 Å². The predicted molar refractivity (Wildman–Crippen MR) is 80.3 cm³/mol. The van der Waals surface area contributed by atoms with Crippen molar-refractivity contribution < 1.29 is 5.11 Å². The molecule has 0 aliphatic carbocycles. The van der Waals surface area contributed by atoms with E-state index in [1.54, 1.807) is 0 Å². The van der Waals surface area contributed by atoms with Crippen molar-refractivity contribution in [3.63, 3.8) is 0 Å². The molecule has 0 spiro atoms. The summed E-state index contributed by atoms with van der Waals surface area (Å²) in [6, 6.07) is 5.95. The minimum atomic E-state index is 0.300. The van der Waals surface area contributed by atoms with Crippen LogP contribution in [0.4, 0.5) is 0 Å². The molecule has 0 aliphatic heterocycles. The Morgan fingerprint density at radius 2 is 1.44 bits per heavy atom. The highest BCUT2D eigenvalue weighted by atomic mass is 16.3. The summed E-state index contributed by atoms with van der Waals surface area (Å²) in [5, 5.41) is 10.9. The first-order valence-corrected chi connectivity index (χ1v) is 6.66. The monoisotopic (exact) mass is 247 g/mol. The van der Waals surface area contributed by atoms with Gasteiger partial charge in [0, 0.05) is 11.1 Å². The van der Waals surface area contributed by atoms with Crippen molar-refractivity contribution in [3.8, 4) is 5.75 Å². The third-order valence-corrected chi connectivity index (χ3v) is 2.49. The fraction of sp³-hybridized carbons (Fsp3) is 0.438. The van der Waals surface area contributed by atoms with Crippen molar-refractivity contribution in [1.82, 2.24) is 4.98 Å². The van der Waals surface area contributed by atoms with Gasteiger partial charge in [-0.1, -0.05) is 39.8 Å². The molecular formula is C16H25NO. The Morgan fingerprint density at radius 3 is 2.00 bits per heavy atom. The van der Waals surface area contributed by atoms with Crippen molar-refractivity contribution in [1.29, 1.82) is 0 Å². The number of aryl methyl sites for hydroxylation is 3. The van der Waals surface area contributed by atoms with Crippen LogP contribution in [0.15, 0.2) is 18.2 Å². The lowest BCUT2D eigenvalue weighted by Gasteiger charge is -2.07. The van der Waals surface area contributed by atoms with Gasteiger partial charge < -0.3 is 5.11 Å². The van der Waals surface area contributed by atoms with Crippen LogP contribution in [0.2, 0.25) is 0 Å². The van der Waals surface area contributed by atoms with Crippen LogP contribution in [0.1, 0.15) is 44.5 Å². The summed E-state index contributed by atoms with van der Waals surface area (Å²) in [4.78, 5) is 4.35. The van der Waals surface area contributed by atoms with Gasteiger partial charge in [0.05, 0.1) is 0 Å². The van der Waals surface area contributed by atoms with Gasteiger partial charge >= 0.3 is 0 Å². The normalized spacial score (nSPS) is 9.06. The van der Waals surface area contributed by atoms with Gasteiger partial charge in [-0.05, 0) is 38.0 Å². The molecule has 1 N–H and O–H groups in total. The summed E-state index contributed by atoms with van der Waals surface area (Å²) in [6.45, 7) is 13.9. The molecule has 0 aliphatic rings. The number of benzene rings is 1. The van der Waals surface area contributed by atoms with Crippen LogP contribution in [0, 0.1) is 20.8 Å². The van der Waals surface area contributed by atoms with Crippen LogP contribution in [0.3, 0.4) is 0 Å².